The Morgan fingerprint density at radius 2 is 2.07 bits per heavy atom. The van der Waals surface area contributed by atoms with Crippen molar-refractivity contribution in [2.45, 2.75) is 17.5 Å². The number of nitrogens with one attached hydrogen (secondary N) is 1. The van der Waals surface area contributed by atoms with Gasteiger partial charge in [-0.2, -0.15) is 4.68 Å². The molecule has 2 heterocycles. The topological polar surface area (TPSA) is 68.1 Å². The first kappa shape index (κ1) is 18.9. The smallest absolute Gasteiger partial charge is 0.214 e. The molecule has 4 rings (SSSR count). The van der Waals surface area contributed by atoms with Gasteiger partial charge in [-0.3, -0.25) is 5.32 Å². The number of tetrazole rings is 1. The highest BCUT2D eigenvalue weighted by Gasteiger charge is 2.26. The maximum absolute atomic E-state index is 13.5. The lowest BCUT2D eigenvalue weighted by atomic mass is 10.2. The summed E-state index contributed by atoms with van der Waals surface area (Å²) in [5.74, 6) is 0.366. The fraction of sp³-hybridized carbons (Fsp3) is 0.316. The molecular weight excluding hydrogens is 379 g/mol. The minimum absolute atomic E-state index is 0.0289. The molecule has 2 aromatic carbocycles. The molecule has 3 aromatic rings. The molecular formula is C19H21FN6OS. The molecule has 0 aliphatic carbocycles. The lowest BCUT2D eigenvalue weighted by Gasteiger charge is -2.16. The fourth-order valence-corrected chi connectivity index (χ4v) is 3.87. The Balaban J connectivity index is 1.36. The molecule has 2 atom stereocenters. The zero-order valence-corrected chi connectivity index (χ0v) is 16.4. The molecule has 1 aromatic heterocycles. The van der Waals surface area contributed by atoms with E-state index in [9.17, 15) is 4.39 Å². The molecule has 0 unspecified atom stereocenters. The lowest BCUT2D eigenvalue weighted by molar-refractivity contribution is 0.0534. The number of hydrogen-bond acceptors (Lipinski definition) is 7. The van der Waals surface area contributed by atoms with Crippen LogP contribution in [-0.4, -0.2) is 52.7 Å². The summed E-state index contributed by atoms with van der Waals surface area (Å²) in [7, 11) is 4.04. The number of nitrogens with zero attached hydrogens (tertiary/aromatic N) is 5. The Bertz CT molecular complexity index is 932. The summed E-state index contributed by atoms with van der Waals surface area (Å²) in [6, 6.07) is 14.5. The van der Waals surface area contributed by atoms with Crippen LogP contribution in [0, 0.1) is 5.82 Å². The van der Waals surface area contributed by atoms with E-state index in [2.05, 4.69) is 50.0 Å². The van der Waals surface area contributed by atoms with Crippen molar-refractivity contribution in [1.29, 1.82) is 0 Å². The van der Waals surface area contributed by atoms with Gasteiger partial charge in [0.1, 0.15) is 12.0 Å². The molecule has 0 amide bonds. The van der Waals surface area contributed by atoms with Gasteiger partial charge >= 0.3 is 0 Å². The Labute approximate surface area is 166 Å². The molecule has 1 aliphatic heterocycles. The minimum atomic E-state index is -0.324. The predicted molar refractivity (Wildman–Crippen MR) is 106 cm³/mol. The summed E-state index contributed by atoms with van der Waals surface area (Å²) in [6.07, 6.45) is -0.0952. The van der Waals surface area contributed by atoms with Gasteiger partial charge in [-0.05, 0) is 46.3 Å². The van der Waals surface area contributed by atoms with E-state index < -0.39 is 0 Å². The number of anilines is 1. The molecule has 1 saturated heterocycles. The van der Waals surface area contributed by atoms with Gasteiger partial charge in [-0.1, -0.05) is 30.0 Å². The number of hydrogen-bond donors (Lipinski definition) is 1. The van der Waals surface area contributed by atoms with E-state index in [0.29, 0.717) is 16.6 Å². The second-order valence-electron chi connectivity index (χ2n) is 6.70. The third kappa shape index (κ3) is 4.16. The summed E-state index contributed by atoms with van der Waals surface area (Å²) < 4.78 is 21.1. The second-order valence-corrected chi connectivity index (χ2v) is 7.68. The van der Waals surface area contributed by atoms with Gasteiger partial charge in [0.15, 0.2) is 0 Å². The van der Waals surface area contributed by atoms with Crippen molar-refractivity contribution in [2.75, 3.05) is 31.3 Å². The van der Waals surface area contributed by atoms with Crippen LogP contribution in [0.5, 0.6) is 0 Å². The van der Waals surface area contributed by atoms with Crippen LogP contribution in [0.15, 0.2) is 53.7 Å². The van der Waals surface area contributed by atoms with E-state index in [1.54, 1.807) is 12.1 Å². The van der Waals surface area contributed by atoms with Gasteiger partial charge in [0.05, 0.1) is 11.8 Å². The number of rotatable bonds is 6. The van der Waals surface area contributed by atoms with Crippen molar-refractivity contribution in [3.63, 3.8) is 0 Å². The first-order chi connectivity index (χ1) is 13.6. The number of benzene rings is 2. The van der Waals surface area contributed by atoms with Crippen LogP contribution in [0.2, 0.25) is 0 Å². The van der Waals surface area contributed by atoms with E-state index >= 15 is 0 Å². The Hall–Kier alpha value is -2.49. The highest BCUT2D eigenvalue weighted by Crippen LogP contribution is 2.27. The molecule has 1 aliphatic rings. The van der Waals surface area contributed by atoms with E-state index in [4.69, 9.17) is 4.74 Å². The Morgan fingerprint density at radius 3 is 2.82 bits per heavy atom. The molecule has 9 heteroatoms. The van der Waals surface area contributed by atoms with Gasteiger partial charge in [0, 0.05) is 32.1 Å². The largest absolute Gasteiger partial charge is 0.378 e. The van der Waals surface area contributed by atoms with E-state index in [0.717, 1.165) is 17.8 Å². The van der Waals surface area contributed by atoms with Crippen LogP contribution in [0.25, 0.3) is 5.69 Å². The SMILES string of the molecule is CN(C)c1ccc([C@H]2NC[C@H](CSc3nnnn3-c3cccc(F)c3)O2)cc1. The number of aromatic nitrogens is 4. The zero-order chi connectivity index (χ0) is 19.5. The fourth-order valence-electron chi connectivity index (χ4n) is 2.98. The maximum atomic E-state index is 13.5. The van der Waals surface area contributed by atoms with Crippen molar-refractivity contribution in [3.05, 3.63) is 59.9 Å². The quantitative estimate of drug-likeness (QED) is 0.638. The summed E-state index contributed by atoms with van der Waals surface area (Å²) in [6.45, 7) is 0.745. The van der Waals surface area contributed by atoms with Crippen molar-refractivity contribution >= 4 is 17.4 Å². The van der Waals surface area contributed by atoms with Gasteiger partial charge in [0.25, 0.3) is 0 Å². The summed E-state index contributed by atoms with van der Waals surface area (Å²) >= 11 is 1.49. The summed E-state index contributed by atoms with van der Waals surface area (Å²) in [5.41, 5.74) is 2.84. The van der Waals surface area contributed by atoms with Gasteiger partial charge < -0.3 is 9.64 Å². The highest BCUT2D eigenvalue weighted by molar-refractivity contribution is 7.99. The zero-order valence-electron chi connectivity index (χ0n) is 15.6. The maximum Gasteiger partial charge on any atom is 0.214 e. The number of thioether (sulfide) groups is 1. The molecule has 146 valence electrons. The van der Waals surface area contributed by atoms with Gasteiger partial charge in [-0.25, -0.2) is 4.39 Å². The first-order valence-electron chi connectivity index (χ1n) is 8.93. The molecule has 1 N–H and O–H groups in total. The number of ether oxygens (including phenoxy) is 1. The molecule has 1 fully saturated rings. The van der Waals surface area contributed by atoms with Crippen molar-refractivity contribution in [3.8, 4) is 5.69 Å². The summed E-state index contributed by atoms with van der Waals surface area (Å²) in [5, 5.41) is 15.7. The van der Waals surface area contributed by atoms with Crippen molar-refractivity contribution in [2.24, 2.45) is 0 Å². The number of halogens is 1. The van der Waals surface area contributed by atoms with Crippen molar-refractivity contribution in [1.82, 2.24) is 25.5 Å². The Morgan fingerprint density at radius 1 is 1.25 bits per heavy atom. The normalized spacial score (nSPS) is 19.1. The lowest BCUT2D eigenvalue weighted by Crippen LogP contribution is -2.17. The van der Waals surface area contributed by atoms with Crippen LogP contribution in [0.3, 0.4) is 0 Å². The van der Waals surface area contributed by atoms with Crippen LogP contribution < -0.4 is 10.2 Å². The van der Waals surface area contributed by atoms with Gasteiger partial charge in [-0.15, -0.1) is 5.10 Å². The van der Waals surface area contributed by atoms with Crippen LogP contribution in [0.1, 0.15) is 11.8 Å². The molecule has 0 spiro atoms. The van der Waals surface area contributed by atoms with E-state index in [1.807, 2.05) is 14.1 Å². The van der Waals surface area contributed by atoms with Crippen LogP contribution in [-0.2, 0) is 4.74 Å². The molecule has 0 bridgehead atoms. The minimum Gasteiger partial charge on any atom is -0.378 e. The van der Waals surface area contributed by atoms with E-state index in [-0.39, 0.29) is 18.1 Å². The Kier molecular flexibility index (Phi) is 5.56. The van der Waals surface area contributed by atoms with E-state index in [1.165, 1.54) is 28.6 Å². The standard InChI is InChI=1S/C19H21FN6OS/c1-25(2)15-8-6-13(7-9-15)18-21-11-17(27-18)12-28-19-22-23-24-26(19)16-5-3-4-14(20)10-16/h3-10,17-18,21H,11-12H2,1-2H3/t17-,18+/m1/s1. The average molecular weight is 400 g/mol. The first-order valence-corrected chi connectivity index (χ1v) is 9.92. The molecule has 0 radical (unpaired) electrons. The molecule has 7 nitrogen and oxygen atoms in total. The summed E-state index contributed by atoms with van der Waals surface area (Å²) in [4.78, 5) is 2.06. The van der Waals surface area contributed by atoms with Crippen molar-refractivity contribution < 1.29 is 9.13 Å². The highest BCUT2D eigenvalue weighted by atomic mass is 32.2. The third-order valence-electron chi connectivity index (χ3n) is 4.46. The monoisotopic (exact) mass is 400 g/mol. The third-order valence-corrected chi connectivity index (χ3v) is 5.51. The van der Waals surface area contributed by atoms with Crippen LogP contribution in [0.4, 0.5) is 10.1 Å². The molecule has 0 saturated carbocycles. The van der Waals surface area contributed by atoms with Crippen LogP contribution >= 0.6 is 11.8 Å². The average Bonchev–Trinajstić information content (AvgIpc) is 3.36. The molecule has 28 heavy (non-hydrogen) atoms. The second kappa shape index (κ2) is 8.26. The predicted octanol–water partition coefficient (Wildman–Crippen LogP) is 2.65. The van der Waals surface area contributed by atoms with Gasteiger partial charge in [0.2, 0.25) is 5.16 Å².